The third-order valence-corrected chi connectivity index (χ3v) is 5.49. The molecule has 156 valence electrons. The minimum atomic E-state index is -4.47. The van der Waals surface area contributed by atoms with Gasteiger partial charge in [0.1, 0.15) is 17.8 Å². The van der Waals surface area contributed by atoms with Crippen LogP contribution in [0.1, 0.15) is 11.5 Å². The molecule has 0 atom stereocenters. The van der Waals surface area contributed by atoms with Crippen LogP contribution in [0.4, 0.5) is 13.2 Å². The molecule has 0 spiro atoms. The summed E-state index contributed by atoms with van der Waals surface area (Å²) in [6.45, 7) is -0.0270. The SMILES string of the molecule is O=c1c2cc(-c3cccs3)nn2ccn1Cc1nc(-c2cccc(C(F)(F)F)c2)no1. The van der Waals surface area contributed by atoms with E-state index < -0.39 is 11.7 Å². The molecule has 0 saturated carbocycles. The van der Waals surface area contributed by atoms with Crippen LogP contribution in [0.3, 0.4) is 0 Å². The molecule has 0 aliphatic rings. The minimum absolute atomic E-state index is 0.0135. The maximum absolute atomic E-state index is 12.9. The zero-order valence-corrected chi connectivity index (χ0v) is 16.4. The molecule has 0 bridgehead atoms. The van der Waals surface area contributed by atoms with Crippen molar-refractivity contribution in [1.82, 2.24) is 24.3 Å². The van der Waals surface area contributed by atoms with E-state index in [-0.39, 0.29) is 29.4 Å². The lowest BCUT2D eigenvalue weighted by atomic mass is 10.1. The molecule has 4 aromatic heterocycles. The molecular formula is C20H12F3N5O2S. The number of alkyl halides is 3. The van der Waals surface area contributed by atoms with Gasteiger partial charge in [0.2, 0.25) is 11.7 Å². The van der Waals surface area contributed by atoms with Crippen molar-refractivity contribution in [3.63, 3.8) is 0 Å². The minimum Gasteiger partial charge on any atom is -0.337 e. The standard InChI is InChI=1S/C20H12F3N5O2S/c21-20(22,23)13-4-1-3-12(9-13)18-24-17(30-26-18)11-27-6-7-28-15(19(27)29)10-14(25-28)16-5-2-8-31-16/h1-10H,11H2. The molecule has 0 saturated heterocycles. The van der Waals surface area contributed by atoms with Gasteiger partial charge in [0.25, 0.3) is 5.56 Å². The molecule has 7 nitrogen and oxygen atoms in total. The predicted molar refractivity (Wildman–Crippen MR) is 107 cm³/mol. The fourth-order valence-electron chi connectivity index (χ4n) is 3.11. The predicted octanol–water partition coefficient (Wildman–Crippen LogP) is 4.34. The van der Waals surface area contributed by atoms with Crippen LogP contribution in [0.5, 0.6) is 0 Å². The highest BCUT2D eigenvalue weighted by molar-refractivity contribution is 7.13. The van der Waals surface area contributed by atoms with E-state index in [2.05, 4.69) is 15.2 Å². The number of aromatic nitrogens is 5. The molecule has 5 aromatic rings. The van der Waals surface area contributed by atoms with Gasteiger partial charge in [-0.3, -0.25) is 4.79 Å². The second-order valence-corrected chi connectivity index (χ2v) is 7.61. The fraction of sp³-hybridized carbons (Fsp3) is 0.100. The summed E-state index contributed by atoms with van der Waals surface area (Å²) in [5.74, 6) is 0.108. The average molecular weight is 443 g/mol. The van der Waals surface area contributed by atoms with E-state index in [9.17, 15) is 18.0 Å². The van der Waals surface area contributed by atoms with Crippen molar-refractivity contribution in [1.29, 1.82) is 0 Å². The van der Waals surface area contributed by atoms with Gasteiger partial charge in [-0.2, -0.15) is 23.3 Å². The third-order valence-electron chi connectivity index (χ3n) is 4.60. The van der Waals surface area contributed by atoms with Crippen molar-refractivity contribution < 1.29 is 17.7 Å². The molecule has 5 rings (SSSR count). The Morgan fingerprint density at radius 2 is 1.97 bits per heavy atom. The van der Waals surface area contributed by atoms with E-state index in [1.54, 1.807) is 12.3 Å². The first kappa shape index (κ1) is 19.2. The summed E-state index contributed by atoms with van der Waals surface area (Å²) < 4.78 is 46.8. The number of rotatable bonds is 4. The lowest BCUT2D eigenvalue weighted by molar-refractivity contribution is -0.137. The summed E-state index contributed by atoms with van der Waals surface area (Å²) >= 11 is 1.52. The van der Waals surface area contributed by atoms with E-state index in [1.165, 1.54) is 38.7 Å². The molecule has 0 aliphatic carbocycles. The molecule has 0 radical (unpaired) electrons. The summed E-state index contributed by atoms with van der Waals surface area (Å²) in [6.07, 6.45) is -1.30. The van der Waals surface area contributed by atoms with Crippen molar-refractivity contribution >= 4 is 16.9 Å². The van der Waals surface area contributed by atoms with Gasteiger partial charge in [-0.05, 0) is 29.6 Å². The van der Waals surface area contributed by atoms with Crippen molar-refractivity contribution in [3.05, 3.63) is 82.0 Å². The van der Waals surface area contributed by atoms with Crippen molar-refractivity contribution in [3.8, 4) is 22.0 Å². The number of hydrogen-bond acceptors (Lipinski definition) is 6. The Labute approximate surface area is 176 Å². The number of hydrogen-bond donors (Lipinski definition) is 0. The van der Waals surface area contributed by atoms with Gasteiger partial charge >= 0.3 is 6.18 Å². The highest BCUT2D eigenvalue weighted by atomic mass is 32.1. The van der Waals surface area contributed by atoms with E-state index in [1.807, 2.05) is 17.5 Å². The molecule has 1 aromatic carbocycles. The van der Waals surface area contributed by atoms with Gasteiger partial charge in [0.05, 0.1) is 10.4 Å². The Morgan fingerprint density at radius 3 is 2.74 bits per heavy atom. The average Bonchev–Trinajstić information content (AvgIpc) is 3.50. The number of fused-ring (bicyclic) bond motifs is 1. The molecule has 11 heteroatoms. The molecule has 0 fully saturated rings. The molecule has 0 unspecified atom stereocenters. The van der Waals surface area contributed by atoms with Crippen LogP contribution in [0.15, 0.2) is 69.6 Å². The van der Waals surface area contributed by atoms with Crippen LogP contribution in [0, 0.1) is 0 Å². The molecule has 31 heavy (non-hydrogen) atoms. The Bertz CT molecular complexity index is 1430. The topological polar surface area (TPSA) is 78.2 Å². The lowest BCUT2D eigenvalue weighted by Gasteiger charge is -2.06. The molecular weight excluding hydrogens is 431 g/mol. The zero-order valence-electron chi connectivity index (χ0n) is 15.6. The number of thiophene rings is 1. The Kier molecular flexibility index (Phi) is 4.47. The highest BCUT2D eigenvalue weighted by Gasteiger charge is 2.30. The van der Waals surface area contributed by atoms with Gasteiger partial charge in [0, 0.05) is 18.0 Å². The summed E-state index contributed by atoms with van der Waals surface area (Å²) in [4.78, 5) is 17.9. The first-order valence-electron chi connectivity index (χ1n) is 9.01. The van der Waals surface area contributed by atoms with Gasteiger partial charge in [0.15, 0.2) is 0 Å². The van der Waals surface area contributed by atoms with Gasteiger partial charge in [-0.25, -0.2) is 4.52 Å². The Morgan fingerprint density at radius 1 is 1.10 bits per heavy atom. The normalized spacial score (nSPS) is 12.0. The second-order valence-electron chi connectivity index (χ2n) is 6.66. The van der Waals surface area contributed by atoms with E-state index in [0.717, 1.165) is 17.0 Å². The number of halogens is 3. The third kappa shape index (κ3) is 3.63. The quantitative estimate of drug-likeness (QED) is 0.413. The van der Waals surface area contributed by atoms with E-state index in [0.29, 0.717) is 11.2 Å². The number of nitrogens with zero attached hydrogens (tertiary/aromatic N) is 5. The molecule has 0 aliphatic heterocycles. The maximum Gasteiger partial charge on any atom is 0.416 e. The maximum atomic E-state index is 12.9. The van der Waals surface area contributed by atoms with Gasteiger partial charge < -0.3 is 9.09 Å². The van der Waals surface area contributed by atoms with Gasteiger partial charge in [-0.1, -0.05) is 23.4 Å². The summed E-state index contributed by atoms with van der Waals surface area (Å²) in [7, 11) is 0. The Hall–Kier alpha value is -3.73. The summed E-state index contributed by atoms with van der Waals surface area (Å²) in [5.41, 5.74) is 0.124. The van der Waals surface area contributed by atoms with Crippen molar-refractivity contribution in [2.75, 3.05) is 0 Å². The number of benzene rings is 1. The molecule has 4 heterocycles. The van der Waals surface area contributed by atoms with Crippen LogP contribution in [0.2, 0.25) is 0 Å². The molecule has 0 N–H and O–H groups in total. The monoisotopic (exact) mass is 443 g/mol. The lowest BCUT2D eigenvalue weighted by Crippen LogP contribution is -2.21. The smallest absolute Gasteiger partial charge is 0.337 e. The fourth-order valence-corrected chi connectivity index (χ4v) is 3.79. The van der Waals surface area contributed by atoms with E-state index >= 15 is 0 Å². The van der Waals surface area contributed by atoms with Crippen LogP contribution < -0.4 is 5.56 Å². The van der Waals surface area contributed by atoms with Crippen LogP contribution in [-0.2, 0) is 12.7 Å². The Balaban J connectivity index is 1.44. The van der Waals surface area contributed by atoms with Crippen LogP contribution >= 0.6 is 11.3 Å². The van der Waals surface area contributed by atoms with Gasteiger partial charge in [-0.15, -0.1) is 11.3 Å². The van der Waals surface area contributed by atoms with Crippen LogP contribution in [-0.4, -0.2) is 24.3 Å². The van der Waals surface area contributed by atoms with E-state index in [4.69, 9.17) is 4.52 Å². The van der Waals surface area contributed by atoms with Crippen molar-refractivity contribution in [2.24, 2.45) is 0 Å². The summed E-state index contributed by atoms with van der Waals surface area (Å²) in [6, 6.07) is 10.2. The second kappa shape index (κ2) is 7.20. The summed E-state index contributed by atoms with van der Waals surface area (Å²) in [5, 5.41) is 10.1. The zero-order chi connectivity index (χ0) is 21.6. The first-order valence-corrected chi connectivity index (χ1v) is 9.89. The van der Waals surface area contributed by atoms with Crippen LogP contribution in [0.25, 0.3) is 27.5 Å². The highest BCUT2D eigenvalue weighted by Crippen LogP contribution is 2.31. The van der Waals surface area contributed by atoms with Crippen molar-refractivity contribution in [2.45, 2.75) is 12.7 Å². The first-order chi connectivity index (χ1) is 14.9. The largest absolute Gasteiger partial charge is 0.416 e. The molecule has 0 amide bonds.